The fourth-order valence-electron chi connectivity index (χ4n) is 1.98. The number of nitrogens with zero attached hydrogens (tertiary/aromatic N) is 2. The van der Waals surface area contributed by atoms with E-state index in [-0.39, 0.29) is 27.9 Å². The van der Waals surface area contributed by atoms with Crippen molar-refractivity contribution < 1.29 is 13.2 Å². The van der Waals surface area contributed by atoms with Crippen LogP contribution in [0.2, 0.25) is 0 Å². The molecule has 25 heavy (non-hydrogen) atoms. The van der Waals surface area contributed by atoms with Gasteiger partial charge in [0.2, 0.25) is 5.82 Å². The molecule has 0 fully saturated rings. The van der Waals surface area contributed by atoms with E-state index in [1.54, 1.807) is 6.92 Å². The lowest BCUT2D eigenvalue weighted by molar-refractivity contribution is 0.307. The molecular weight excluding hydrogens is 417 g/mol. The van der Waals surface area contributed by atoms with E-state index >= 15 is 0 Å². The zero-order valence-electron chi connectivity index (χ0n) is 13.5. The second-order valence-corrected chi connectivity index (χ2v) is 8.58. The molecule has 0 saturated carbocycles. The van der Waals surface area contributed by atoms with E-state index in [0.29, 0.717) is 12.2 Å². The predicted molar refractivity (Wildman–Crippen MR) is 99.6 cm³/mol. The molecule has 0 spiro atoms. The van der Waals surface area contributed by atoms with E-state index < -0.39 is 16.1 Å². The first-order valence-corrected chi connectivity index (χ1v) is 10.2. The number of anilines is 2. The van der Waals surface area contributed by atoms with Crippen LogP contribution in [0.3, 0.4) is 0 Å². The smallest absolute Gasteiger partial charge is 0.202 e. The Balaban J connectivity index is 2.01. The van der Waals surface area contributed by atoms with Crippen LogP contribution < -0.4 is 20.5 Å². The molecule has 9 nitrogen and oxygen atoms in total. The van der Waals surface area contributed by atoms with Crippen LogP contribution in [0.25, 0.3) is 0 Å². The molecule has 0 saturated heterocycles. The second kappa shape index (κ2) is 7.99. The first-order valence-electron chi connectivity index (χ1n) is 7.17. The van der Waals surface area contributed by atoms with Crippen molar-refractivity contribution in [3.63, 3.8) is 0 Å². The van der Waals surface area contributed by atoms with Crippen molar-refractivity contribution >= 4 is 43.6 Å². The minimum atomic E-state index is -2.85. The number of nitrogens with two attached hydrogens (primary N) is 1. The molecule has 2 aromatic rings. The summed E-state index contributed by atoms with van der Waals surface area (Å²) in [4.78, 5) is 0. The van der Waals surface area contributed by atoms with E-state index in [4.69, 9.17) is 10.5 Å². The molecule has 1 unspecified atom stereocenters. The number of nitrogens with one attached hydrogen (secondary N) is 4. The highest BCUT2D eigenvalue weighted by Crippen LogP contribution is 2.21. The molecule has 0 aliphatic carbocycles. The Morgan fingerprint density at radius 1 is 1.52 bits per heavy atom. The SMILES string of the molecule is CC(CNc1nonc1C(=N)Nc1ccc(F)c(Br)c1)N[SH](C)(N)=O. The van der Waals surface area contributed by atoms with Crippen molar-refractivity contribution in [3.8, 4) is 0 Å². The predicted octanol–water partition coefficient (Wildman–Crippen LogP) is 1.23. The van der Waals surface area contributed by atoms with Gasteiger partial charge in [0.05, 0.1) is 4.47 Å². The minimum absolute atomic E-state index is 0.0807. The molecule has 1 aromatic carbocycles. The van der Waals surface area contributed by atoms with Gasteiger partial charge in [-0.1, -0.05) is 0 Å². The van der Waals surface area contributed by atoms with Gasteiger partial charge >= 0.3 is 0 Å². The molecule has 1 aromatic heterocycles. The highest BCUT2D eigenvalue weighted by atomic mass is 79.9. The van der Waals surface area contributed by atoms with E-state index in [1.165, 1.54) is 24.5 Å². The molecule has 12 heteroatoms. The third-order valence-electron chi connectivity index (χ3n) is 2.97. The van der Waals surface area contributed by atoms with Crippen LogP contribution in [0.1, 0.15) is 12.6 Å². The fraction of sp³-hybridized carbons (Fsp3) is 0.308. The summed E-state index contributed by atoms with van der Waals surface area (Å²) in [5, 5.41) is 26.7. The quantitative estimate of drug-likeness (QED) is 0.219. The van der Waals surface area contributed by atoms with E-state index in [2.05, 4.69) is 46.2 Å². The van der Waals surface area contributed by atoms with Crippen LogP contribution in [0.5, 0.6) is 0 Å². The van der Waals surface area contributed by atoms with Gasteiger partial charge in [-0.3, -0.25) is 14.8 Å². The topological polar surface area (TPSA) is 142 Å². The van der Waals surface area contributed by atoms with Crippen LogP contribution in [0.4, 0.5) is 15.9 Å². The van der Waals surface area contributed by atoms with Gasteiger partial charge in [0.25, 0.3) is 0 Å². The Kier molecular flexibility index (Phi) is 6.21. The van der Waals surface area contributed by atoms with Gasteiger partial charge in [-0.05, 0) is 61.7 Å². The van der Waals surface area contributed by atoms with Gasteiger partial charge in [-0.15, -0.1) is 0 Å². The summed E-state index contributed by atoms with van der Waals surface area (Å²) < 4.78 is 32.5. The van der Waals surface area contributed by atoms with Crippen molar-refractivity contribution in [1.29, 1.82) is 5.41 Å². The third kappa shape index (κ3) is 5.85. The van der Waals surface area contributed by atoms with Crippen LogP contribution >= 0.6 is 15.9 Å². The van der Waals surface area contributed by atoms with E-state index in [1.807, 2.05) is 0 Å². The summed E-state index contributed by atoms with van der Waals surface area (Å²) >= 11 is 3.08. The lowest BCUT2D eigenvalue weighted by Gasteiger charge is -2.21. The Morgan fingerprint density at radius 3 is 2.88 bits per heavy atom. The van der Waals surface area contributed by atoms with Gasteiger partial charge < -0.3 is 10.6 Å². The molecular formula is C13H19BrFN7O2S. The molecule has 0 amide bonds. The lowest BCUT2D eigenvalue weighted by Crippen LogP contribution is -2.45. The lowest BCUT2D eigenvalue weighted by atomic mass is 10.3. The summed E-state index contributed by atoms with van der Waals surface area (Å²) in [7, 11) is -2.85. The summed E-state index contributed by atoms with van der Waals surface area (Å²) in [6.07, 6.45) is 1.42. The average Bonchev–Trinajstić information content (AvgIpc) is 2.96. The Labute approximate surface area is 153 Å². The summed E-state index contributed by atoms with van der Waals surface area (Å²) in [5.41, 5.74) is 0.650. The molecule has 0 bridgehead atoms. The third-order valence-corrected chi connectivity index (χ3v) is 4.53. The number of hydrogen-bond donors (Lipinski definition) is 6. The Bertz CT molecular complexity index is 809. The van der Waals surface area contributed by atoms with Crippen molar-refractivity contribution in [3.05, 3.63) is 34.2 Å². The van der Waals surface area contributed by atoms with Gasteiger partial charge in [0, 0.05) is 24.5 Å². The maximum absolute atomic E-state index is 13.3. The number of amidine groups is 1. The Morgan fingerprint density at radius 2 is 2.24 bits per heavy atom. The fourth-order valence-corrected chi connectivity index (χ4v) is 3.32. The van der Waals surface area contributed by atoms with Gasteiger partial charge in [-0.25, -0.2) is 13.7 Å². The highest BCUT2D eigenvalue weighted by Gasteiger charge is 2.17. The normalized spacial score (nSPS) is 13.3. The van der Waals surface area contributed by atoms with Crippen LogP contribution in [0.15, 0.2) is 27.3 Å². The number of hydrogen-bond acceptors (Lipinski definition) is 6. The standard InChI is InChI=1S/C13H19BrFN7O2S/c1-7(22-25(2,17)23)6-18-13-11(20-24-21-13)12(16)19-8-3-4-10(15)9(14)5-8/h3-5,7,25H,6H2,1-2H3,(H2,16,19)(H,18,21)(H3,17,22,23). The summed E-state index contributed by atoms with van der Waals surface area (Å²) in [6.45, 7) is 2.13. The number of rotatable bonds is 7. The molecule has 6 N–H and O–H groups in total. The van der Waals surface area contributed by atoms with Crippen LogP contribution in [-0.4, -0.2) is 39.2 Å². The minimum Gasteiger partial charge on any atom is -0.364 e. The largest absolute Gasteiger partial charge is 0.364 e. The van der Waals surface area contributed by atoms with Crippen molar-refractivity contribution in [1.82, 2.24) is 15.0 Å². The van der Waals surface area contributed by atoms with Gasteiger partial charge in [0.1, 0.15) is 5.82 Å². The first-order chi connectivity index (χ1) is 11.7. The van der Waals surface area contributed by atoms with E-state index in [0.717, 1.165) is 0 Å². The van der Waals surface area contributed by atoms with E-state index in [9.17, 15) is 8.60 Å². The van der Waals surface area contributed by atoms with Crippen LogP contribution in [0, 0.1) is 11.2 Å². The molecule has 1 heterocycles. The van der Waals surface area contributed by atoms with Gasteiger partial charge in [0.15, 0.2) is 11.5 Å². The molecule has 0 aliphatic rings. The molecule has 1 atom stereocenters. The maximum atomic E-state index is 13.3. The monoisotopic (exact) mass is 435 g/mol. The van der Waals surface area contributed by atoms with Crippen molar-refractivity contribution in [2.45, 2.75) is 13.0 Å². The molecule has 138 valence electrons. The zero-order valence-corrected chi connectivity index (χ0v) is 16.0. The summed E-state index contributed by atoms with van der Waals surface area (Å²) in [5.74, 6) is -0.240. The second-order valence-electron chi connectivity index (χ2n) is 5.49. The van der Waals surface area contributed by atoms with Crippen molar-refractivity contribution in [2.75, 3.05) is 23.4 Å². The number of benzene rings is 1. The summed E-state index contributed by atoms with van der Waals surface area (Å²) in [6, 6.07) is 4.04. The molecule has 2 rings (SSSR count). The van der Waals surface area contributed by atoms with Gasteiger partial charge in [-0.2, -0.15) is 0 Å². The maximum Gasteiger partial charge on any atom is 0.202 e. The molecule has 0 radical (unpaired) electrons. The van der Waals surface area contributed by atoms with Crippen molar-refractivity contribution in [2.24, 2.45) is 5.14 Å². The van der Waals surface area contributed by atoms with Crippen LogP contribution in [-0.2, 0) is 10.3 Å². The Hall–Kier alpha value is -1.89. The number of aromatic nitrogens is 2. The average molecular weight is 436 g/mol. The molecule has 0 aliphatic heterocycles. The number of thiol groups is 1. The highest BCUT2D eigenvalue weighted by molar-refractivity contribution is 9.10. The zero-order chi connectivity index (χ0) is 18.6. The number of halogens is 2. The first kappa shape index (κ1) is 19.4.